The molecule has 1 fully saturated rings. The predicted octanol–water partition coefficient (Wildman–Crippen LogP) is 2.05. The molecule has 0 spiro atoms. The maximum Gasteiger partial charge on any atom is 0.118 e. The van der Waals surface area contributed by atoms with Crippen molar-refractivity contribution < 1.29 is 29.9 Å². The summed E-state index contributed by atoms with van der Waals surface area (Å²) in [7, 11) is 1.64. The van der Waals surface area contributed by atoms with Crippen molar-refractivity contribution >= 4 is 15.9 Å². The van der Waals surface area contributed by atoms with Crippen LogP contribution in [-0.4, -0.2) is 58.6 Å². The molecule has 2 aromatic rings. The molecule has 1 aliphatic carbocycles. The molecule has 0 bridgehead atoms. The second-order valence-corrected chi connectivity index (χ2v) is 8.82. The highest BCUT2D eigenvalue weighted by Crippen LogP contribution is 2.42. The molecule has 30 heavy (non-hydrogen) atoms. The monoisotopic (exact) mass is 478 g/mol. The highest BCUT2D eigenvalue weighted by molar-refractivity contribution is 9.10. The number of aliphatic hydroxyl groups excluding tert-OH is 4. The normalized spacial score (nSPS) is 28.4. The first-order valence-electron chi connectivity index (χ1n) is 10.2. The summed E-state index contributed by atoms with van der Waals surface area (Å²) in [5.74, 6) is 0.800. The van der Waals surface area contributed by atoms with Crippen molar-refractivity contribution in [3.8, 4) is 5.75 Å². The molecule has 4 rings (SSSR count). The molecule has 0 unspecified atom stereocenters. The van der Waals surface area contributed by atoms with Gasteiger partial charge in [-0.25, -0.2) is 0 Å². The number of rotatable bonds is 5. The topological polar surface area (TPSA) is 99.4 Å². The Morgan fingerprint density at radius 2 is 1.73 bits per heavy atom. The Kier molecular flexibility index (Phi) is 6.48. The summed E-state index contributed by atoms with van der Waals surface area (Å²) in [5, 5.41) is 40.6. The van der Waals surface area contributed by atoms with Crippen molar-refractivity contribution in [3.63, 3.8) is 0 Å². The van der Waals surface area contributed by atoms with E-state index in [4.69, 9.17) is 9.47 Å². The van der Waals surface area contributed by atoms with Gasteiger partial charge in [0.25, 0.3) is 0 Å². The van der Waals surface area contributed by atoms with Gasteiger partial charge in [0.1, 0.15) is 36.3 Å². The first-order chi connectivity index (χ1) is 14.4. The quantitative estimate of drug-likeness (QED) is 0.524. The molecule has 0 amide bonds. The van der Waals surface area contributed by atoms with Crippen LogP contribution in [-0.2, 0) is 24.0 Å². The third-order valence-corrected chi connectivity index (χ3v) is 7.18. The van der Waals surface area contributed by atoms with Crippen LogP contribution in [0.15, 0.2) is 34.8 Å². The molecular formula is C23H27BrO6. The average Bonchev–Trinajstić information content (AvgIpc) is 3.26. The largest absolute Gasteiger partial charge is 0.497 e. The van der Waals surface area contributed by atoms with Gasteiger partial charge in [-0.05, 0) is 65.6 Å². The van der Waals surface area contributed by atoms with E-state index in [0.717, 1.165) is 51.7 Å². The second kappa shape index (κ2) is 8.94. The summed E-state index contributed by atoms with van der Waals surface area (Å²) in [6.07, 6.45) is -2.27. The van der Waals surface area contributed by atoms with Gasteiger partial charge in [0, 0.05) is 4.47 Å². The molecule has 5 atom stereocenters. The zero-order valence-electron chi connectivity index (χ0n) is 16.8. The van der Waals surface area contributed by atoms with E-state index >= 15 is 0 Å². The van der Waals surface area contributed by atoms with Gasteiger partial charge in [0.15, 0.2) is 0 Å². The molecule has 6 nitrogen and oxygen atoms in total. The van der Waals surface area contributed by atoms with Gasteiger partial charge in [0.05, 0.1) is 13.7 Å². The molecule has 1 saturated heterocycles. The third kappa shape index (κ3) is 3.90. The van der Waals surface area contributed by atoms with Crippen LogP contribution in [0.4, 0.5) is 0 Å². The lowest BCUT2D eigenvalue weighted by Crippen LogP contribution is -2.55. The Hall–Kier alpha value is -1.48. The molecule has 2 aliphatic rings. The summed E-state index contributed by atoms with van der Waals surface area (Å²) in [4.78, 5) is 0. The molecule has 162 valence electrons. The van der Waals surface area contributed by atoms with E-state index in [-0.39, 0.29) is 0 Å². The molecule has 0 saturated carbocycles. The maximum atomic E-state index is 10.7. The van der Waals surface area contributed by atoms with E-state index in [0.29, 0.717) is 6.42 Å². The number of hydrogen-bond acceptors (Lipinski definition) is 6. The Morgan fingerprint density at radius 1 is 1.03 bits per heavy atom. The highest BCUT2D eigenvalue weighted by atomic mass is 79.9. The zero-order chi connectivity index (χ0) is 21.4. The number of aliphatic hydroxyl groups is 4. The van der Waals surface area contributed by atoms with Gasteiger partial charge in [-0.2, -0.15) is 0 Å². The van der Waals surface area contributed by atoms with Crippen LogP contribution in [0, 0.1) is 0 Å². The van der Waals surface area contributed by atoms with E-state index in [1.807, 2.05) is 30.3 Å². The maximum absolute atomic E-state index is 10.7. The minimum absolute atomic E-state index is 0.432. The number of ether oxygens (including phenoxy) is 2. The Labute approximate surface area is 184 Å². The van der Waals surface area contributed by atoms with Crippen molar-refractivity contribution in [3.05, 3.63) is 62.6 Å². The zero-order valence-corrected chi connectivity index (χ0v) is 18.4. The lowest BCUT2D eigenvalue weighted by molar-refractivity contribution is -0.231. The summed E-state index contributed by atoms with van der Waals surface area (Å²) in [6.45, 7) is -0.432. The average molecular weight is 479 g/mol. The standard InChI is InChI=1S/C23H27BrO6/c1-29-14-7-5-12(6-8-14)9-13-10-17(15-3-2-4-16(15)19(13)24)23-22(28)21(27)20(26)18(11-25)30-23/h5-8,10,18,20-23,25-28H,2-4,9,11H2,1H3/t18-,20-,21+,22-,23+/m1/s1. The molecule has 1 heterocycles. The van der Waals surface area contributed by atoms with Crippen molar-refractivity contribution in [2.45, 2.75) is 56.2 Å². The van der Waals surface area contributed by atoms with Crippen molar-refractivity contribution in [1.29, 1.82) is 0 Å². The first kappa shape index (κ1) is 21.7. The van der Waals surface area contributed by atoms with Crippen molar-refractivity contribution in [2.24, 2.45) is 0 Å². The van der Waals surface area contributed by atoms with E-state index in [1.54, 1.807) is 7.11 Å². The Morgan fingerprint density at radius 3 is 2.40 bits per heavy atom. The lowest BCUT2D eigenvalue weighted by atomic mass is 9.86. The smallest absolute Gasteiger partial charge is 0.118 e. The molecule has 1 aliphatic heterocycles. The van der Waals surface area contributed by atoms with Crippen LogP contribution in [0.5, 0.6) is 5.75 Å². The lowest BCUT2D eigenvalue weighted by Gasteiger charge is -2.41. The highest BCUT2D eigenvalue weighted by Gasteiger charge is 2.45. The van der Waals surface area contributed by atoms with Crippen LogP contribution >= 0.6 is 15.9 Å². The third-order valence-electron chi connectivity index (χ3n) is 6.20. The van der Waals surface area contributed by atoms with Gasteiger partial charge >= 0.3 is 0 Å². The summed E-state index contributed by atoms with van der Waals surface area (Å²) in [6, 6.07) is 9.91. The van der Waals surface area contributed by atoms with Crippen molar-refractivity contribution in [1.82, 2.24) is 0 Å². The fourth-order valence-corrected chi connectivity index (χ4v) is 5.23. The number of hydrogen-bond donors (Lipinski definition) is 4. The van der Waals surface area contributed by atoms with Crippen molar-refractivity contribution in [2.75, 3.05) is 13.7 Å². The van der Waals surface area contributed by atoms with Crippen LogP contribution in [0.25, 0.3) is 0 Å². The van der Waals surface area contributed by atoms with Crippen LogP contribution < -0.4 is 4.74 Å². The number of halogens is 1. The molecular weight excluding hydrogens is 452 g/mol. The van der Waals surface area contributed by atoms with Crippen LogP contribution in [0.2, 0.25) is 0 Å². The van der Waals surface area contributed by atoms with Gasteiger partial charge in [-0.1, -0.05) is 34.1 Å². The fourth-order valence-electron chi connectivity index (χ4n) is 4.54. The van der Waals surface area contributed by atoms with E-state index < -0.39 is 37.1 Å². The fraction of sp³-hybridized carbons (Fsp3) is 0.478. The number of benzene rings is 2. The molecule has 0 aromatic heterocycles. The summed E-state index contributed by atoms with van der Waals surface area (Å²) >= 11 is 3.78. The molecule has 4 N–H and O–H groups in total. The minimum atomic E-state index is -1.38. The Bertz CT molecular complexity index is 898. The SMILES string of the molecule is COc1ccc(Cc2cc([C@@H]3O[C@H](CO)[C@@H](O)[C@H](O)[C@H]3O)c3c(c2Br)CCC3)cc1. The summed E-state index contributed by atoms with van der Waals surface area (Å²) in [5.41, 5.74) is 5.32. The van der Waals surface area contributed by atoms with E-state index in [1.165, 1.54) is 5.56 Å². The van der Waals surface area contributed by atoms with Gasteiger partial charge in [-0.3, -0.25) is 0 Å². The minimum Gasteiger partial charge on any atom is -0.497 e. The second-order valence-electron chi connectivity index (χ2n) is 8.02. The number of methoxy groups -OCH3 is 1. The van der Waals surface area contributed by atoms with Gasteiger partial charge < -0.3 is 29.9 Å². The molecule has 7 heteroatoms. The van der Waals surface area contributed by atoms with Gasteiger partial charge in [0.2, 0.25) is 0 Å². The van der Waals surface area contributed by atoms with Crippen LogP contribution in [0.1, 0.15) is 40.3 Å². The first-order valence-corrected chi connectivity index (χ1v) is 11.0. The predicted molar refractivity (Wildman–Crippen MR) is 115 cm³/mol. The molecule has 2 aromatic carbocycles. The Balaban J connectivity index is 1.73. The van der Waals surface area contributed by atoms with Gasteiger partial charge in [-0.15, -0.1) is 0 Å². The number of fused-ring (bicyclic) bond motifs is 1. The molecule has 0 radical (unpaired) electrons. The van der Waals surface area contributed by atoms with Crippen LogP contribution in [0.3, 0.4) is 0 Å². The van der Waals surface area contributed by atoms with E-state index in [2.05, 4.69) is 15.9 Å². The summed E-state index contributed by atoms with van der Waals surface area (Å²) < 4.78 is 12.2. The van der Waals surface area contributed by atoms with E-state index in [9.17, 15) is 20.4 Å².